The van der Waals surface area contributed by atoms with E-state index in [1.165, 1.54) is 89.9 Å². The third-order valence-electron chi connectivity index (χ3n) is 7.07. The number of likely N-dealkylation sites (N-methyl/N-ethyl adjacent to an activating group) is 2. The fourth-order valence-electron chi connectivity index (χ4n) is 4.48. The Morgan fingerprint density at radius 2 is 0.895 bits per heavy atom. The lowest BCUT2D eigenvalue weighted by atomic mass is 10.1. The maximum absolute atomic E-state index is 12.7. The number of hydrogen-bond donors (Lipinski definition) is 0. The zero-order valence-electron chi connectivity index (χ0n) is 25.0. The highest BCUT2D eigenvalue weighted by Gasteiger charge is 2.19. The molecule has 0 heterocycles. The molecule has 0 unspecified atom stereocenters. The molecule has 1 rings (SSSR count). The smallest absolute Gasteiger partial charge is 0.339 e. The summed E-state index contributed by atoms with van der Waals surface area (Å²) in [6.45, 7) is 8.45. The van der Waals surface area contributed by atoms with Crippen LogP contribution in [-0.4, -0.2) is 75.2 Å². The van der Waals surface area contributed by atoms with Crippen molar-refractivity contribution in [3.8, 4) is 0 Å². The summed E-state index contributed by atoms with van der Waals surface area (Å²) < 4.78 is 11.0. The summed E-state index contributed by atoms with van der Waals surface area (Å²) in [4.78, 5) is 29.8. The Bertz CT molecular complexity index is 679. The van der Waals surface area contributed by atoms with Crippen molar-refractivity contribution in [3.63, 3.8) is 0 Å². The van der Waals surface area contributed by atoms with Crippen LogP contribution in [-0.2, 0) is 9.47 Å². The molecule has 0 aliphatic heterocycles. The maximum atomic E-state index is 12.7. The summed E-state index contributed by atoms with van der Waals surface area (Å²) in [7, 11) is 4.11. The standard InChI is InChI=1S/C32H56N2O4/c1-5-7-9-11-13-15-19-23-33(3)25-27-37-31(35)29-21-17-18-22-30(29)32(36)38-28-26-34(4)24-20-16-14-12-10-8-6-2/h17-18,21-22H,5-16,19-20,23-28H2,1-4H3. The van der Waals surface area contributed by atoms with Gasteiger partial charge in [-0.1, -0.05) is 103 Å². The van der Waals surface area contributed by atoms with Gasteiger partial charge in [-0.05, 0) is 52.2 Å². The highest BCUT2D eigenvalue weighted by molar-refractivity contribution is 6.03. The molecule has 1 aromatic carbocycles. The third kappa shape index (κ3) is 16.8. The summed E-state index contributed by atoms with van der Waals surface area (Å²) in [6.07, 6.45) is 18.0. The molecule has 0 atom stereocenters. The molecule has 0 aromatic heterocycles. The summed E-state index contributed by atoms with van der Waals surface area (Å²) in [5.74, 6) is -0.948. The van der Waals surface area contributed by atoms with Gasteiger partial charge in [0.05, 0.1) is 11.1 Å². The molecule has 0 saturated heterocycles. The van der Waals surface area contributed by atoms with Crippen LogP contribution in [0.25, 0.3) is 0 Å². The van der Waals surface area contributed by atoms with E-state index in [4.69, 9.17) is 9.47 Å². The van der Waals surface area contributed by atoms with Crippen molar-refractivity contribution in [2.75, 3.05) is 53.5 Å². The summed E-state index contributed by atoms with van der Waals surface area (Å²) in [5.41, 5.74) is 0.535. The van der Waals surface area contributed by atoms with Crippen molar-refractivity contribution in [1.82, 2.24) is 9.80 Å². The van der Waals surface area contributed by atoms with E-state index in [0.29, 0.717) is 26.3 Å². The van der Waals surface area contributed by atoms with Crippen molar-refractivity contribution >= 4 is 11.9 Å². The molecule has 0 bridgehead atoms. The van der Waals surface area contributed by atoms with Gasteiger partial charge >= 0.3 is 11.9 Å². The molecule has 0 fully saturated rings. The van der Waals surface area contributed by atoms with E-state index in [1.807, 2.05) is 0 Å². The first-order valence-electron chi connectivity index (χ1n) is 15.3. The molecule has 6 nitrogen and oxygen atoms in total. The minimum atomic E-state index is -0.474. The largest absolute Gasteiger partial charge is 0.461 e. The highest BCUT2D eigenvalue weighted by atomic mass is 16.5. The molecule has 6 heteroatoms. The van der Waals surface area contributed by atoms with E-state index < -0.39 is 11.9 Å². The van der Waals surface area contributed by atoms with E-state index in [1.54, 1.807) is 24.3 Å². The molecule has 0 saturated carbocycles. The Morgan fingerprint density at radius 1 is 0.553 bits per heavy atom. The minimum Gasteiger partial charge on any atom is -0.461 e. The van der Waals surface area contributed by atoms with E-state index in [2.05, 4.69) is 37.7 Å². The predicted molar refractivity (Wildman–Crippen MR) is 158 cm³/mol. The van der Waals surface area contributed by atoms with Crippen LogP contribution in [0.2, 0.25) is 0 Å². The van der Waals surface area contributed by atoms with Crippen LogP contribution in [0.5, 0.6) is 0 Å². The van der Waals surface area contributed by atoms with E-state index in [0.717, 1.165) is 13.1 Å². The Labute approximate surface area is 233 Å². The van der Waals surface area contributed by atoms with Gasteiger partial charge in [0, 0.05) is 13.1 Å². The number of unbranched alkanes of at least 4 members (excludes halogenated alkanes) is 12. The topological polar surface area (TPSA) is 59.1 Å². The van der Waals surface area contributed by atoms with E-state index >= 15 is 0 Å². The fraction of sp³-hybridized carbons (Fsp3) is 0.750. The number of carbonyl (C=O) groups is 2. The first kappa shape index (κ1) is 34.1. The first-order chi connectivity index (χ1) is 18.5. The Hall–Kier alpha value is -1.92. The monoisotopic (exact) mass is 532 g/mol. The van der Waals surface area contributed by atoms with Crippen molar-refractivity contribution in [1.29, 1.82) is 0 Å². The fourth-order valence-corrected chi connectivity index (χ4v) is 4.48. The lowest BCUT2D eigenvalue weighted by Gasteiger charge is -2.17. The number of carbonyl (C=O) groups excluding carboxylic acids is 2. The maximum Gasteiger partial charge on any atom is 0.339 e. The predicted octanol–water partition coefficient (Wildman–Crippen LogP) is 7.37. The molecule has 0 aliphatic carbocycles. The van der Waals surface area contributed by atoms with Gasteiger partial charge in [0.15, 0.2) is 0 Å². The average Bonchev–Trinajstić information content (AvgIpc) is 2.92. The first-order valence-corrected chi connectivity index (χ1v) is 15.3. The van der Waals surface area contributed by atoms with Crippen LogP contribution >= 0.6 is 0 Å². The molecular weight excluding hydrogens is 476 g/mol. The van der Waals surface area contributed by atoms with Crippen LogP contribution < -0.4 is 0 Å². The van der Waals surface area contributed by atoms with E-state index in [9.17, 15) is 9.59 Å². The highest BCUT2D eigenvalue weighted by Crippen LogP contribution is 2.13. The number of nitrogens with zero attached hydrogens (tertiary/aromatic N) is 2. The van der Waals surface area contributed by atoms with Crippen LogP contribution in [0.1, 0.15) is 124 Å². The van der Waals surface area contributed by atoms with Gasteiger partial charge in [0.1, 0.15) is 13.2 Å². The van der Waals surface area contributed by atoms with E-state index in [-0.39, 0.29) is 11.1 Å². The Morgan fingerprint density at radius 3 is 1.26 bits per heavy atom. The van der Waals surface area contributed by atoms with Crippen LogP contribution in [0.15, 0.2) is 24.3 Å². The van der Waals surface area contributed by atoms with Gasteiger partial charge in [0.2, 0.25) is 0 Å². The zero-order chi connectivity index (χ0) is 27.8. The third-order valence-corrected chi connectivity index (χ3v) is 7.07. The molecule has 0 aliphatic rings. The van der Waals surface area contributed by atoms with Crippen LogP contribution in [0.4, 0.5) is 0 Å². The second kappa shape index (κ2) is 23.0. The second-order valence-electron chi connectivity index (χ2n) is 10.7. The van der Waals surface area contributed by atoms with Gasteiger partial charge in [-0.25, -0.2) is 9.59 Å². The number of hydrogen-bond acceptors (Lipinski definition) is 6. The Kier molecular flexibility index (Phi) is 20.7. The molecule has 1 aromatic rings. The Balaban J connectivity index is 2.28. The van der Waals surface area contributed by atoms with Crippen molar-refractivity contribution in [3.05, 3.63) is 35.4 Å². The van der Waals surface area contributed by atoms with Crippen molar-refractivity contribution in [2.24, 2.45) is 0 Å². The summed E-state index contributed by atoms with van der Waals surface area (Å²) in [6, 6.07) is 6.76. The molecule has 0 radical (unpaired) electrons. The second-order valence-corrected chi connectivity index (χ2v) is 10.7. The lowest BCUT2D eigenvalue weighted by molar-refractivity contribution is 0.0426. The average molecular weight is 533 g/mol. The van der Waals surface area contributed by atoms with Crippen LogP contribution in [0, 0.1) is 0 Å². The van der Waals surface area contributed by atoms with Crippen molar-refractivity contribution in [2.45, 2.75) is 104 Å². The molecular formula is C32H56N2O4. The molecule has 0 amide bonds. The van der Waals surface area contributed by atoms with Gasteiger partial charge in [0.25, 0.3) is 0 Å². The SMILES string of the molecule is CCCCCCCCCN(C)CCOC(=O)c1ccccc1C(=O)OCCN(C)CCCCCCCCC. The van der Waals surface area contributed by atoms with Crippen molar-refractivity contribution < 1.29 is 19.1 Å². The number of benzene rings is 1. The zero-order valence-corrected chi connectivity index (χ0v) is 25.0. The molecule has 218 valence electrons. The molecule has 0 spiro atoms. The lowest BCUT2D eigenvalue weighted by Crippen LogP contribution is -2.26. The van der Waals surface area contributed by atoms with Crippen LogP contribution in [0.3, 0.4) is 0 Å². The van der Waals surface area contributed by atoms with Gasteiger partial charge in [-0.15, -0.1) is 0 Å². The van der Waals surface area contributed by atoms with Gasteiger partial charge < -0.3 is 19.3 Å². The molecule has 0 N–H and O–H groups in total. The number of rotatable bonds is 24. The normalized spacial score (nSPS) is 11.3. The summed E-state index contributed by atoms with van der Waals surface area (Å²) >= 11 is 0. The summed E-state index contributed by atoms with van der Waals surface area (Å²) in [5, 5.41) is 0. The quantitative estimate of drug-likeness (QED) is 0.102. The minimum absolute atomic E-state index is 0.267. The number of esters is 2. The number of ether oxygens (including phenoxy) is 2. The van der Waals surface area contributed by atoms with Gasteiger partial charge in [-0.2, -0.15) is 0 Å². The van der Waals surface area contributed by atoms with Gasteiger partial charge in [-0.3, -0.25) is 0 Å². The molecule has 38 heavy (non-hydrogen) atoms.